The number of amides is 1. The Balaban J connectivity index is 1.21. The molecular formula is C23H32N2OS2. The van der Waals surface area contributed by atoms with Crippen LogP contribution in [-0.4, -0.2) is 52.0 Å². The van der Waals surface area contributed by atoms with Crippen molar-refractivity contribution in [1.29, 1.82) is 0 Å². The average Bonchev–Trinajstić information content (AvgIpc) is 3.19. The van der Waals surface area contributed by atoms with Crippen LogP contribution < -0.4 is 0 Å². The number of hydrogen-bond donors (Lipinski definition) is 0. The van der Waals surface area contributed by atoms with Crippen molar-refractivity contribution >= 4 is 39.1 Å². The lowest BCUT2D eigenvalue weighted by atomic mass is 9.89. The van der Waals surface area contributed by atoms with Crippen molar-refractivity contribution in [3.63, 3.8) is 0 Å². The van der Waals surface area contributed by atoms with Crippen molar-refractivity contribution in [2.75, 3.05) is 26.2 Å². The van der Waals surface area contributed by atoms with Crippen molar-refractivity contribution in [3.05, 3.63) is 35.2 Å². The van der Waals surface area contributed by atoms with Crippen molar-refractivity contribution < 1.29 is 4.79 Å². The predicted molar refractivity (Wildman–Crippen MR) is 122 cm³/mol. The number of fused-ring (bicyclic) bond motifs is 1. The van der Waals surface area contributed by atoms with E-state index in [9.17, 15) is 4.79 Å². The van der Waals surface area contributed by atoms with Gasteiger partial charge in [0.1, 0.15) is 0 Å². The summed E-state index contributed by atoms with van der Waals surface area (Å²) in [6, 6.07) is 8.83. The lowest BCUT2D eigenvalue weighted by Gasteiger charge is -2.32. The van der Waals surface area contributed by atoms with Crippen molar-refractivity contribution in [3.8, 4) is 0 Å². The molecule has 152 valence electrons. The molecule has 1 atom stereocenters. The van der Waals surface area contributed by atoms with E-state index >= 15 is 0 Å². The summed E-state index contributed by atoms with van der Waals surface area (Å²) < 4.78 is 1.18. The summed E-state index contributed by atoms with van der Waals surface area (Å²) in [4.78, 5) is 17.2. The number of carbonyl (C=O) groups excluding carboxylic acids is 1. The molecule has 1 aromatic carbocycles. The zero-order chi connectivity index (χ0) is 19.7. The molecule has 0 saturated carbocycles. The minimum absolute atomic E-state index is 0.243. The molecule has 3 nitrogen and oxygen atoms in total. The second kappa shape index (κ2) is 8.37. The summed E-state index contributed by atoms with van der Waals surface area (Å²) in [6.45, 7) is 10.8. The van der Waals surface area contributed by atoms with E-state index in [0.29, 0.717) is 11.3 Å². The van der Waals surface area contributed by atoms with Crippen LogP contribution in [0.2, 0.25) is 0 Å². The Kier molecular flexibility index (Phi) is 6.05. The van der Waals surface area contributed by atoms with Crippen LogP contribution in [0.25, 0.3) is 10.1 Å². The first-order chi connectivity index (χ1) is 13.5. The van der Waals surface area contributed by atoms with Gasteiger partial charge in [0.05, 0.1) is 10.1 Å². The maximum absolute atomic E-state index is 12.5. The molecule has 4 rings (SSSR count). The zero-order valence-electron chi connectivity index (χ0n) is 17.3. The van der Waals surface area contributed by atoms with Gasteiger partial charge in [-0.2, -0.15) is 0 Å². The van der Waals surface area contributed by atoms with E-state index in [2.05, 4.69) is 60.2 Å². The van der Waals surface area contributed by atoms with E-state index in [1.807, 2.05) is 11.3 Å². The Labute approximate surface area is 177 Å². The molecule has 2 aromatic rings. The molecule has 0 spiro atoms. The number of benzene rings is 1. The first-order valence-electron chi connectivity index (χ1n) is 10.6. The molecule has 0 aliphatic carbocycles. The molecule has 0 bridgehead atoms. The minimum Gasteiger partial charge on any atom is -0.330 e. The highest BCUT2D eigenvalue weighted by Crippen LogP contribution is 2.40. The number of nitrogens with zero attached hydrogens (tertiary/aromatic N) is 2. The Morgan fingerprint density at radius 3 is 2.54 bits per heavy atom. The number of hydrogen-bond acceptors (Lipinski definition) is 4. The van der Waals surface area contributed by atoms with Crippen LogP contribution >= 0.6 is 23.1 Å². The first kappa shape index (κ1) is 20.2. The summed E-state index contributed by atoms with van der Waals surface area (Å²) >= 11 is 3.68. The van der Waals surface area contributed by atoms with E-state index in [1.54, 1.807) is 17.3 Å². The molecule has 28 heavy (non-hydrogen) atoms. The van der Waals surface area contributed by atoms with Crippen LogP contribution in [0.1, 0.15) is 57.9 Å². The lowest BCUT2D eigenvalue weighted by Crippen LogP contribution is -2.38. The number of likely N-dealkylation sites (tertiary alicyclic amines) is 1. The fourth-order valence-electron chi connectivity index (χ4n) is 4.73. The average molecular weight is 417 g/mol. The first-order valence-corrected chi connectivity index (χ1v) is 12.4. The molecule has 2 fully saturated rings. The summed E-state index contributed by atoms with van der Waals surface area (Å²) in [7, 11) is 0. The normalized spacial score (nSPS) is 23.8. The lowest BCUT2D eigenvalue weighted by molar-refractivity contribution is -0.131. The smallest absolute Gasteiger partial charge is 0.239 e. The molecule has 0 radical (unpaired) electrons. The molecule has 1 unspecified atom stereocenters. The molecule has 0 N–H and O–H groups in total. The number of thiophene rings is 1. The number of carbonyl (C=O) groups is 1. The summed E-state index contributed by atoms with van der Waals surface area (Å²) in [5, 5.41) is 4.17. The third-order valence-corrected chi connectivity index (χ3v) is 8.68. The van der Waals surface area contributed by atoms with Crippen molar-refractivity contribution in [2.24, 2.45) is 0 Å². The zero-order valence-corrected chi connectivity index (χ0v) is 19.0. The second-order valence-electron chi connectivity index (χ2n) is 8.74. The Morgan fingerprint density at radius 2 is 1.82 bits per heavy atom. The van der Waals surface area contributed by atoms with Gasteiger partial charge in [0.15, 0.2) is 0 Å². The van der Waals surface area contributed by atoms with Gasteiger partial charge in [0, 0.05) is 11.2 Å². The molecular weight excluding hydrogens is 384 g/mol. The van der Waals surface area contributed by atoms with Gasteiger partial charge >= 0.3 is 0 Å². The van der Waals surface area contributed by atoms with Gasteiger partial charge in [-0.1, -0.05) is 18.2 Å². The van der Waals surface area contributed by atoms with E-state index in [4.69, 9.17) is 0 Å². The predicted octanol–water partition coefficient (Wildman–Crippen LogP) is 5.56. The van der Waals surface area contributed by atoms with Crippen LogP contribution in [0, 0.1) is 0 Å². The molecule has 2 aliphatic heterocycles. The fourth-order valence-corrected chi connectivity index (χ4v) is 7.18. The largest absolute Gasteiger partial charge is 0.330 e. The monoisotopic (exact) mass is 416 g/mol. The highest BCUT2D eigenvalue weighted by molar-refractivity contribution is 8.02. The number of unbranched alkanes of at least 4 members (excludes halogenated alkanes) is 1. The standard InChI is InChI=1S/C23H32N2OS2/c1-17-25(22(26)23(2,3)28-17)13-7-6-12-24-14-10-18(11-15-24)20-16-27-21-9-5-4-8-19(20)21/h4-5,8-9,16-18H,6-7,10-15H2,1-3H3. The van der Waals surface area contributed by atoms with Gasteiger partial charge < -0.3 is 9.80 Å². The van der Waals surface area contributed by atoms with Gasteiger partial charge in [-0.3, -0.25) is 4.79 Å². The SMILES string of the molecule is CC1SC(C)(C)C(=O)N1CCCCN1CCC(c2csc3ccccc23)CC1. The Bertz CT molecular complexity index is 823. The second-order valence-corrected chi connectivity index (χ2v) is 11.6. The highest BCUT2D eigenvalue weighted by Gasteiger charge is 2.43. The van der Waals surface area contributed by atoms with E-state index in [0.717, 1.165) is 18.9 Å². The molecule has 1 aromatic heterocycles. The molecule has 1 amide bonds. The topological polar surface area (TPSA) is 23.6 Å². The van der Waals surface area contributed by atoms with Gasteiger partial charge in [-0.05, 0) is 94.4 Å². The Morgan fingerprint density at radius 1 is 1.11 bits per heavy atom. The number of thioether (sulfide) groups is 1. The van der Waals surface area contributed by atoms with E-state index < -0.39 is 0 Å². The number of piperidine rings is 1. The number of rotatable bonds is 6. The molecule has 2 saturated heterocycles. The third-order valence-electron chi connectivity index (χ3n) is 6.34. The van der Waals surface area contributed by atoms with Crippen LogP contribution in [-0.2, 0) is 4.79 Å². The molecule has 2 aliphatic rings. The van der Waals surface area contributed by atoms with Crippen LogP contribution in [0.15, 0.2) is 29.6 Å². The Hall–Kier alpha value is -1.04. The van der Waals surface area contributed by atoms with Gasteiger partial charge in [0.25, 0.3) is 0 Å². The minimum atomic E-state index is -0.243. The molecule has 5 heteroatoms. The summed E-state index contributed by atoms with van der Waals surface area (Å²) in [5.74, 6) is 1.03. The van der Waals surface area contributed by atoms with Crippen LogP contribution in [0.4, 0.5) is 0 Å². The summed E-state index contributed by atoms with van der Waals surface area (Å²) in [6.07, 6.45) is 4.84. The van der Waals surface area contributed by atoms with Gasteiger partial charge in [-0.15, -0.1) is 23.1 Å². The third kappa shape index (κ3) is 4.12. The quantitative estimate of drug-likeness (QED) is 0.576. The van der Waals surface area contributed by atoms with Gasteiger partial charge in [-0.25, -0.2) is 0 Å². The highest BCUT2D eigenvalue weighted by atomic mass is 32.2. The molecule has 3 heterocycles. The van der Waals surface area contributed by atoms with Crippen molar-refractivity contribution in [1.82, 2.24) is 9.80 Å². The van der Waals surface area contributed by atoms with Crippen LogP contribution in [0.5, 0.6) is 0 Å². The maximum Gasteiger partial charge on any atom is 0.239 e. The fraction of sp³-hybridized carbons (Fsp3) is 0.609. The van der Waals surface area contributed by atoms with Crippen LogP contribution in [0.3, 0.4) is 0 Å². The van der Waals surface area contributed by atoms with E-state index in [1.165, 1.54) is 49.0 Å². The van der Waals surface area contributed by atoms with E-state index in [-0.39, 0.29) is 4.75 Å². The van der Waals surface area contributed by atoms with Crippen molar-refractivity contribution in [2.45, 2.75) is 62.5 Å². The summed E-state index contributed by atoms with van der Waals surface area (Å²) in [5.41, 5.74) is 1.57. The maximum atomic E-state index is 12.5. The van der Waals surface area contributed by atoms with Gasteiger partial charge in [0.2, 0.25) is 5.91 Å².